The molecule has 1 aliphatic heterocycles. The highest BCUT2D eigenvalue weighted by atomic mass is 35.5. The molecule has 1 atom stereocenters. The smallest absolute Gasteiger partial charge is 0.418 e. The van der Waals surface area contributed by atoms with Gasteiger partial charge in [-0.05, 0) is 39.7 Å². The molecule has 0 spiro atoms. The number of thiazole rings is 1. The van der Waals surface area contributed by atoms with Gasteiger partial charge < -0.3 is 20.3 Å². The lowest BCUT2D eigenvalue weighted by Gasteiger charge is -2.34. The lowest BCUT2D eigenvalue weighted by atomic mass is 10.1. The van der Waals surface area contributed by atoms with Crippen LogP contribution in [0, 0.1) is 0 Å². The number of nitrogens with one attached hydrogen (secondary N) is 2. The number of ether oxygens (including phenoxy) is 1. The second-order valence-corrected chi connectivity index (χ2v) is 9.96. The number of hydrogen-bond acceptors (Lipinski definition) is 7. The van der Waals surface area contributed by atoms with Crippen molar-refractivity contribution in [3.8, 4) is 0 Å². The Morgan fingerprint density at radius 2 is 2.06 bits per heavy atom. The largest absolute Gasteiger partial charge is 0.444 e. The Balaban J connectivity index is 1.54. The first-order valence-electron chi connectivity index (χ1n) is 10.1. The summed E-state index contributed by atoms with van der Waals surface area (Å²) in [6, 6.07) is 0.922. The summed E-state index contributed by atoms with van der Waals surface area (Å²) in [5.74, 6) is 0.0740. The van der Waals surface area contributed by atoms with Crippen molar-refractivity contribution < 1.29 is 22.7 Å². The van der Waals surface area contributed by atoms with Gasteiger partial charge in [0.1, 0.15) is 11.4 Å². The van der Waals surface area contributed by atoms with Crippen molar-refractivity contribution in [3.05, 3.63) is 33.9 Å². The third kappa shape index (κ3) is 6.86. The Labute approximate surface area is 193 Å². The van der Waals surface area contributed by atoms with Crippen molar-refractivity contribution in [2.24, 2.45) is 0 Å². The highest BCUT2D eigenvalue weighted by molar-refractivity contribution is 7.15. The van der Waals surface area contributed by atoms with Gasteiger partial charge in [0.25, 0.3) is 0 Å². The number of rotatable bonds is 5. The maximum Gasteiger partial charge on any atom is 0.418 e. The molecule has 0 aliphatic carbocycles. The molecule has 0 bridgehead atoms. The van der Waals surface area contributed by atoms with Crippen LogP contribution < -0.4 is 10.6 Å². The molecule has 3 rings (SSSR count). The monoisotopic (exact) mass is 491 g/mol. The zero-order valence-corrected chi connectivity index (χ0v) is 19.5. The van der Waals surface area contributed by atoms with Gasteiger partial charge in [0, 0.05) is 36.4 Å². The van der Waals surface area contributed by atoms with Crippen molar-refractivity contribution in [2.75, 3.05) is 23.7 Å². The van der Waals surface area contributed by atoms with E-state index in [4.69, 9.17) is 16.3 Å². The molecule has 12 heteroatoms. The van der Waals surface area contributed by atoms with E-state index < -0.39 is 22.4 Å². The van der Waals surface area contributed by atoms with E-state index in [1.807, 2.05) is 20.8 Å². The van der Waals surface area contributed by atoms with Crippen molar-refractivity contribution in [1.82, 2.24) is 14.9 Å². The number of likely N-dealkylation sites (tertiary alicyclic amines) is 1. The van der Waals surface area contributed by atoms with Gasteiger partial charge in [-0.25, -0.2) is 14.8 Å². The van der Waals surface area contributed by atoms with Crippen molar-refractivity contribution in [1.29, 1.82) is 0 Å². The quantitative estimate of drug-likeness (QED) is 0.564. The lowest BCUT2D eigenvalue weighted by Crippen LogP contribution is -2.46. The van der Waals surface area contributed by atoms with Crippen LogP contribution in [0.1, 0.15) is 44.1 Å². The predicted molar refractivity (Wildman–Crippen MR) is 118 cm³/mol. The van der Waals surface area contributed by atoms with Gasteiger partial charge in [-0.2, -0.15) is 13.2 Å². The molecule has 3 heterocycles. The van der Waals surface area contributed by atoms with E-state index in [9.17, 15) is 18.0 Å². The van der Waals surface area contributed by atoms with E-state index in [0.29, 0.717) is 18.2 Å². The second-order valence-electron chi connectivity index (χ2n) is 8.44. The van der Waals surface area contributed by atoms with E-state index in [0.717, 1.165) is 30.0 Å². The molecule has 0 saturated carbocycles. The molecule has 2 N–H and O–H groups in total. The van der Waals surface area contributed by atoms with Crippen LogP contribution in [0.25, 0.3) is 0 Å². The van der Waals surface area contributed by atoms with Gasteiger partial charge in [0.15, 0.2) is 5.13 Å². The maximum atomic E-state index is 13.0. The van der Waals surface area contributed by atoms with Crippen LogP contribution in [0.15, 0.2) is 18.5 Å². The minimum absolute atomic E-state index is 0.0375. The molecular formula is C20H25ClF3N5O2S. The zero-order valence-electron chi connectivity index (χ0n) is 17.9. The number of piperidine rings is 1. The van der Waals surface area contributed by atoms with E-state index >= 15 is 0 Å². The summed E-state index contributed by atoms with van der Waals surface area (Å²) in [4.78, 5) is 23.0. The van der Waals surface area contributed by atoms with E-state index in [1.165, 1.54) is 11.3 Å². The molecule has 0 radical (unpaired) electrons. The molecule has 1 fully saturated rings. The van der Waals surface area contributed by atoms with Crippen LogP contribution >= 0.6 is 22.9 Å². The van der Waals surface area contributed by atoms with Crippen LogP contribution in [0.5, 0.6) is 0 Å². The van der Waals surface area contributed by atoms with Gasteiger partial charge in [-0.15, -0.1) is 11.3 Å². The number of alkyl halides is 3. The molecule has 1 saturated heterocycles. The van der Waals surface area contributed by atoms with Gasteiger partial charge in [-0.3, -0.25) is 0 Å². The first-order valence-corrected chi connectivity index (χ1v) is 11.3. The number of carbonyl (C=O) groups is 1. The van der Waals surface area contributed by atoms with Gasteiger partial charge >= 0.3 is 12.3 Å². The van der Waals surface area contributed by atoms with E-state index in [-0.39, 0.29) is 24.5 Å². The molecule has 2 aromatic heterocycles. The van der Waals surface area contributed by atoms with Gasteiger partial charge in [0.05, 0.1) is 17.1 Å². The van der Waals surface area contributed by atoms with Crippen LogP contribution in [0.2, 0.25) is 5.02 Å². The fourth-order valence-electron chi connectivity index (χ4n) is 3.15. The average Bonchev–Trinajstić information content (AvgIpc) is 3.12. The predicted octanol–water partition coefficient (Wildman–Crippen LogP) is 5.63. The fraction of sp³-hybridized carbons (Fsp3) is 0.550. The molecule has 0 unspecified atom stereocenters. The average molecular weight is 492 g/mol. The topological polar surface area (TPSA) is 79.4 Å². The molecule has 1 amide bonds. The molecule has 7 nitrogen and oxygen atoms in total. The van der Waals surface area contributed by atoms with E-state index in [1.54, 1.807) is 11.1 Å². The first-order chi connectivity index (χ1) is 14.9. The molecular weight excluding hydrogens is 467 g/mol. The van der Waals surface area contributed by atoms with E-state index in [2.05, 4.69) is 20.6 Å². The summed E-state index contributed by atoms with van der Waals surface area (Å²) in [6.45, 7) is 6.92. The Bertz CT molecular complexity index is 948. The Kier molecular flexibility index (Phi) is 7.39. The van der Waals surface area contributed by atoms with Crippen LogP contribution in [-0.4, -0.2) is 45.7 Å². The third-order valence-corrected chi connectivity index (χ3v) is 5.79. The van der Waals surface area contributed by atoms with Crippen LogP contribution in [-0.2, 0) is 17.5 Å². The minimum atomic E-state index is -4.55. The summed E-state index contributed by atoms with van der Waals surface area (Å²) in [5, 5.41) is 6.43. The number of anilines is 2. The standard InChI is InChI=1S/C20H25ClF3N5O2S/c1-19(2,3)31-18(30)29-6-4-5-12(11-29)28-17-27-9-13(32-17)8-25-16-7-14(20(22,23)24)15(21)10-26-16/h7,9-10,12H,4-6,8,11H2,1-3H3,(H,25,26)(H,27,28)/t12-/m1/s1. The number of pyridine rings is 1. The van der Waals surface area contributed by atoms with Crippen LogP contribution in [0.4, 0.5) is 28.9 Å². The molecule has 1 aliphatic rings. The number of carbonyl (C=O) groups excluding carboxylic acids is 1. The SMILES string of the molecule is CC(C)(C)OC(=O)N1CCC[C@@H](Nc2ncc(CNc3cc(C(F)(F)F)c(Cl)cn3)s2)C1. The zero-order chi connectivity index (χ0) is 23.5. The minimum Gasteiger partial charge on any atom is -0.444 e. The van der Waals surface area contributed by atoms with Gasteiger partial charge in [-0.1, -0.05) is 11.6 Å². The number of hydrogen-bond donors (Lipinski definition) is 2. The Hall–Kier alpha value is -2.27. The summed E-state index contributed by atoms with van der Waals surface area (Å²) < 4.78 is 44.4. The highest BCUT2D eigenvalue weighted by Gasteiger charge is 2.34. The summed E-state index contributed by atoms with van der Waals surface area (Å²) in [5.41, 5.74) is -1.48. The van der Waals surface area contributed by atoms with Crippen molar-refractivity contribution >= 4 is 40.0 Å². The molecule has 32 heavy (non-hydrogen) atoms. The number of nitrogens with zero attached hydrogens (tertiary/aromatic N) is 3. The molecule has 2 aromatic rings. The van der Waals surface area contributed by atoms with Gasteiger partial charge in [0.2, 0.25) is 0 Å². The molecule has 0 aromatic carbocycles. The second kappa shape index (κ2) is 9.70. The van der Waals surface area contributed by atoms with Crippen molar-refractivity contribution in [2.45, 2.75) is 58.0 Å². The van der Waals surface area contributed by atoms with Crippen molar-refractivity contribution in [3.63, 3.8) is 0 Å². The molecule has 176 valence electrons. The fourth-order valence-corrected chi connectivity index (χ4v) is 4.19. The number of aromatic nitrogens is 2. The lowest BCUT2D eigenvalue weighted by molar-refractivity contribution is -0.137. The summed E-state index contributed by atoms with van der Waals surface area (Å²) >= 11 is 6.98. The summed E-state index contributed by atoms with van der Waals surface area (Å²) in [6.07, 6.45) is -0.518. The number of amides is 1. The summed E-state index contributed by atoms with van der Waals surface area (Å²) in [7, 11) is 0. The maximum absolute atomic E-state index is 13.0. The highest BCUT2D eigenvalue weighted by Crippen LogP contribution is 2.35. The first kappa shape index (κ1) is 24.4. The normalized spacial score (nSPS) is 17.2. The number of halogens is 4. The third-order valence-electron chi connectivity index (χ3n) is 4.56. The van der Waals surface area contributed by atoms with Crippen LogP contribution in [0.3, 0.4) is 0 Å². The Morgan fingerprint density at radius 1 is 1.31 bits per heavy atom. The Morgan fingerprint density at radius 3 is 2.75 bits per heavy atom.